The van der Waals surface area contributed by atoms with Crippen molar-refractivity contribution in [1.29, 1.82) is 0 Å². The summed E-state index contributed by atoms with van der Waals surface area (Å²) in [6, 6.07) is 0. The molecular weight excluding hydrogens is 146 g/mol. The van der Waals surface area contributed by atoms with Gasteiger partial charge in [-0.25, -0.2) is 0 Å². The van der Waals surface area contributed by atoms with Gasteiger partial charge in [0.2, 0.25) is 0 Å². The zero-order chi connectivity index (χ0) is 6.10. The standard InChI is InChI=1S/C8H9N.ClH/c1-3-7-4-2-6-9-8(7)5-1;/h1-2,4-5,9H,3,6H2;1H. The lowest BCUT2D eigenvalue weighted by Crippen LogP contribution is -2.14. The minimum absolute atomic E-state index is 0. The molecule has 0 atom stereocenters. The molecule has 0 saturated heterocycles. The Morgan fingerprint density at radius 1 is 1.20 bits per heavy atom. The number of nitrogens with one attached hydrogen (secondary N) is 1. The fourth-order valence-electron chi connectivity index (χ4n) is 1.22. The number of hydrogen-bond acceptors (Lipinski definition) is 1. The van der Waals surface area contributed by atoms with Gasteiger partial charge in [0.05, 0.1) is 0 Å². The average molecular weight is 156 g/mol. The molecule has 54 valence electrons. The van der Waals surface area contributed by atoms with Gasteiger partial charge < -0.3 is 5.32 Å². The van der Waals surface area contributed by atoms with E-state index in [2.05, 4.69) is 29.6 Å². The molecule has 0 aromatic heterocycles. The first-order valence-corrected chi connectivity index (χ1v) is 3.27. The second-order valence-corrected chi connectivity index (χ2v) is 2.33. The van der Waals surface area contributed by atoms with Gasteiger partial charge in [-0.1, -0.05) is 18.2 Å². The van der Waals surface area contributed by atoms with Crippen LogP contribution in [0.25, 0.3) is 0 Å². The van der Waals surface area contributed by atoms with Crippen LogP contribution in [0.1, 0.15) is 6.42 Å². The summed E-state index contributed by atoms with van der Waals surface area (Å²) in [6.07, 6.45) is 9.81. The minimum atomic E-state index is 0. The number of rotatable bonds is 0. The summed E-state index contributed by atoms with van der Waals surface area (Å²) in [6.45, 7) is 0.989. The van der Waals surface area contributed by atoms with E-state index in [1.807, 2.05) is 0 Å². The van der Waals surface area contributed by atoms with Crippen molar-refractivity contribution >= 4 is 12.4 Å². The van der Waals surface area contributed by atoms with E-state index < -0.39 is 0 Å². The second kappa shape index (κ2) is 2.93. The lowest BCUT2D eigenvalue weighted by Gasteiger charge is -2.09. The Bertz CT molecular complexity index is 213. The molecule has 0 aromatic rings. The maximum Gasteiger partial charge on any atom is 0.0375 e. The molecule has 2 rings (SSSR count). The number of allylic oxidation sites excluding steroid dienone is 4. The van der Waals surface area contributed by atoms with E-state index in [1.54, 1.807) is 0 Å². The van der Waals surface area contributed by atoms with Crippen LogP contribution in [0.3, 0.4) is 0 Å². The zero-order valence-electron chi connectivity index (χ0n) is 5.63. The fourth-order valence-corrected chi connectivity index (χ4v) is 1.22. The predicted octanol–water partition coefficient (Wildman–Crippen LogP) is 1.78. The molecule has 0 amide bonds. The lowest BCUT2D eigenvalue weighted by molar-refractivity contribution is 0.907. The highest BCUT2D eigenvalue weighted by Crippen LogP contribution is 2.19. The second-order valence-electron chi connectivity index (χ2n) is 2.33. The SMILES string of the molecule is C1=CC2=C(C=CC2)NC1.Cl. The van der Waals surface area contributed by atoms with Crippen LogP contribution in [-0.4, -0.2) is 6.54 Å². The molecular formula is C8H10ClN. The average Bonchev–Trinajstić information content (AvgIpc) is 2.33. The van der Waals surface area contributed by atoms with E-state index in [0.29, 0.717) is 0 Å². The maximum atomic E-state index is 3.29. The van der Waals surface area contributed by atoms with Gasteiger partial charge in [0, 0.05) is 12.2 Å². The molecule has 0 radical (unpaired) electrons. The molecule has 1 heterocycles. The number of hydrogen-bond donors (Lipinski definition) is 1. The van der Waals surface area contributed by atoms with Crippen molar-refractivity contribution in [2.75, 3.05) is 6.54 Å². The lowest BCUT2D eigenvalue weighted by atomic mass is 10.1. The van der Waals surface area contributed by atoms with Crippen molar-refractivity contribution in [3.05, 3.63) is 35.6 Å². The van der Waals surface area contributed by atoms with E-state index in [9.17, 15) is 0 Å². The van der Waals surface area contributed by atoms with Crippen LogP contribution < -0.4 is 5.32 Å². The molecule has 0 saturated carbocycles. The Morgan fingerprint density at radius 2 is 2.10 bits per heavy atom. The number of dihydropyridines is 1. The highest BCUT2D eigenvalue weighted by molar-refractivity contribution is 5.85. The van der Waals surface area contributed by atoms with Crippen molar-refractivity contribution in [2.24, 2.45) is 0 Å². The van der Waals surface area contributed by atoms with Gasteiger partial charge in [0.25, 0.3) is 0 Å². The summed E-state index contributed by atoms with van der Waals surface area (Å²) in [7, 11) is 0. The molecule has 0 fully saturated rings. The Kier molecular flexibility index (Phi) is 2.17. The zero-order valence-corrected chi connectivity index (χ0v) is 6.45. The van der Waals surface area contributed by atoms with Crippen molar-refractivity contribution in [2.45, 2.75) is 6.42 Å². The molecule has 10 heavy (non-hydrogen) atoms. The van der Waals surface area contributed by atoms with Gasteiger partial charge >= 0.3 is 0 Å². The molecule has 0 spiro atoms. The third-order valence-electron chi connectivity index (χ3n) is 1.70. The molecule has 1 aliphatic heterocycles. The summed E-state index contributed by atoms with van der Waals surface area (Å²) in [4.78, 5) is 0. The van der Waals surface area contributed by atoms with E-state index in [0.717, 1.165) is 13.0 Å². The van der Waals surface area contributed by atoms with Gasteiger partial charge in [-0.15, -0.1) is 12.4 Å². The predicted molar refractivity (Wildman–Crippen MR) is 45.2 cm³/mol. The van der Waals surface area contributed by atoms with Gasteiger partial charge in [0.1, 0.15) is 0 Å². The Hall–Kier alpha value is -0.690. The number of halogens is 1. The summed E-state index contributed by atoms with van der Waals surface area (Å²) >= 11 is 0. The first-order chi connectivity index (χ1) is 4.47. The molecule has 0 unspecified atom stereocenters. The van der Waals surface area contributed by atoms with E-state index in [4.69, 9.17) is 0 Å². The quantitative estimate of drug-likeness (QED) is 0.563. The van der Waals surface area contributed by atoms with E-state index in [-0.39, 0.29) is 12.4 Å². The van der Waals surface area contributed by atoms with E-state index in [1.165, 1.54) is 11.3 Å². The molecule has 2 heteroatoms. The summed E-state index contributed by atoms with van der Waals surface area (Å²) in [5, 5.41) is 3.29. The van der Waals surface area contributed by atoms with Crippen LogP contribution in [-0.2, 0) is 0 Å². The van der Waals surface area contributed by atoms with Crippen LogP contribution in [0.15, 0.2) is 35.6 Å². The molecule has 2 aliphatic rings. The van der Waals surface area contributed by atoms with Crippen molar-refractivity contribution in [1.82, 2.24) is 5.32 Å². The van der Waals surface area contributed by atoms with Crippen LogP contribution in [0, 0.1) is 0 Å². The maximum absolute atomic E-state index is 3.29. The van der Waals surface area contributed by atoms with Crippen LogP contribution in [0.5, 0.6) is 0 Å². The monoisotopic (exact) mass is 155 g/mol. The first kappa shape index (κ1) is 7.42. The fraction of sp³-hybridized carbons (Fsp3) is 0.250. The molecule has 1 N–H and O–H groups in total. The van der Waals surface area contributed by atoms with Gasteiger partial charge in [-0.2, -0.15) is 0 Å². The topological polar surface area (TPSA) is 12.0 Å². The Balaban J connectivity index is 0.000000500. The van der Waals surface area contributed by atoms with Gasteiger partial charge in [-0.3, -0.25) is 0 Å². The highest BCUT2D eigenvalue weighted by Gasteiger charge is 2.07. The largest absolute Gasteiger partial charge is 0.381 e. The van der Waals surface area contributed by atoms with Crippen LogP contribution >= 0.6 is 12.4 Å². The summed E-state index contributed by atoms with van der Waals surface area (Å²) in [5.41, 5.74) is 2.75. The highest BCUT2D eigenvalue weighted by atomic mass is 35.5. The van der Waals surface area contributed by atoms with Crippen molar-refractivity contribution < 1.29 is 0 Å². The Labute approximate surface area is 66.9 Å². The first-order valence-electron chi connectivity index (χ1n) is 3.27. The third-order valence-corrected chi connectivity index (χ3v) is 1.70. The molecule has 1 nitrogen and oxygen atoms in total. The molecule has 1 aliphatic carbocycles. The summed E-state index contributed by atoms with van der Waals surface area (Å²) < 4.78 is 0. The third kappa shape index (κ3) is 1.09. The van der Waals surface area contributed by atoms with Crippen molar-refractivity contribution in [3.63, 3.8) is 0 Å². The smallest absolute Gasteiger partial charge is 0.0375 e. The Morgan fingerprint density at radius 3 is 2.90 bits per heavy atom. The van der Waals surface area contributed by atoms with Gasteiger partial charge in [-0.05, 0) is 18.1 Å². The van der Waals surface area contributed by atoms with Crippen LogP contribution in [0.2, 0.25) is 0 Å². The molecule has 0 bridgehead atoms. The van der Waals surface area contributed by atoms with Crippen LogP contribution in [0.4, 0.5) is 0 Å². The minimum Gasteiger partial charge on any atom is -0.381 e. The van der Waals surface area contributed by atoms with E-state index >= 15 is 0 Å². The summed E-state index contributed by atoms with van der Waals surface area (Å²) in [5.74, 6) is 0. The van der Waals surface area contributed by atoms with Crippen molar-refractivity contribution in [3.8, 4) is 0 Å². The molecule has 0 aromatic carbocycles. The van der Waals surface area contributed by atoms with Gasteiger partial charge in [0.15, 0.2) is 0 Å². The normalized spacial score (nSPS) is 20.0.